The molecular weight excluding hydrogens is 846 g/mol. The number of rotatable bonds is 33. The van der Waals surface area contributed by atoms with Gasteiger partial charge in [-0.25, -0.2) is 0 Å². The third-order valence-corrected chi connectivity index (χ3v) is 9.48. The molecule has 332 valence electrons. The molecule has 4 atom stereocenters. The molecule has 0 aromatic rings. The summed E-state index contributed by atoms with van der Waals surface area (Å²) in [5.41, 5.74) is 16.6. The monoisotopic (exact) mass is 904 g/mol. The topological polar surface area (TPSA) is 307 Å². The molecule has 23 heteroatoms. The van der Waals surface area contributed by atoms with Crippen molar-refractivity contribution >= 4 is 99.6 Å². The zero-order chi connectivity index (χ0) is 43.9. The smallest absolute Gasteiger partial charge is 0.252 e. The highest BCUT2D eigenvalue weighted by atomic mass is 35.5. The summed E-state index contributed by atoms with van der Waals surface area (Å²) in [6.45, 7) is 0.756. The number of nitrogens with zero attached hydrogens (tertiary/aromatic N) is 1. The van der Waals surface area contributed by atoms with Gasteiger partial charge in [-0.1, -0.05) is 0 Å². The van der Waals surface area contributed by atoms with Gasteiger partial charge in [0.2, 0.25) is 41.4 Å². The van der Waals surface area contributed by atoms with Crippen LogP contribution in [0.4, 0.5) is 0 Å². The van der Waals surface area contributed by atoms with Gasteiger partial charge < -0.3 is 49.1 Å². The van der Waals surface area contributed by atoms with Gasteiger partial charge in [0.05, 0.1) is 0 Å². The van der Waals surface area contributed by atoms with Crippen molar-refractivity contribution in [3.63, 3.8) is 0 Å². The number of halogens is 4. The number of nitrogens with one attached hydrogen (secondary N) is 6. The number of carbonyl (C=O) groups is 9. The standard InChI is InChI=1S/C35H60Cl4N10O9/c36-19-28(51)43-16-7-3-10-24(46-30(53)21-38)34(57)49(35(58)25(47-31(54)22-39)11-4-8-17-44-29(52)20-37)26(12-2-6-15-41)33(56)48-23(9-1-5-14-40)32(55)45-18-13-27(42)50/h23-26H,1-22,40-41H2,(H2,42,50)(H,43,51)(H,44,52)(H,45,55)(H,46,53)(H,47,54)(H,48,56)/t23-,24-,25-,26-/m0/s1. The highest BCUT2D eigenvalue weighted by Crippen LogP contribution is 2.19. The van der Waals surface area contributed by atoms with Crippen LogP contribution in [0, 0.1) is 0 Å². The third-order valence-electron chi connectivity index (χ3n) is 8.51. The number of hydrogen-bond donors (Lipinski definition) is 9. The van der Waals surface area contributed by atoms with E-state index in [2.05, 4.69) is 31.9 Å². The molecular formula is C35H60Cl4N10O9. The average Bonchev–Trinajstić information content (AvgIpc) is 3.20. The number of unbranched alkanes of at least 4 members (excludes halogenated alkanes) is 4. The van der Waals surface area contributed by atoms with Crippen molar-refractivity contribution < 1.29 is 43.2 Å². The van der Waals surface area contributed by atoms with Crippen LogP contribution < -0.4 is 49.1 Å². The molecule has 0 heterocycles. The lowest BCUT2D eigenvalue weighted by molar-refractivity contribution is -0.156. The van der Waals surface area contributed by atoms with Gasteiger partial charge in [-0.05, 0) is 90.1 Å². The predicted molar refractivity (Wildman–Crippen MR) is 221 cm³/mol. The van der Waals surface area contributed by atoms with E-state index in [0.717, 1.165) is 0 Å². The first-order valence-electron chi connectivity index (χ1n) is 19.2. The third kappa shape index (κ3) is 23.8. The van der Waals surface area contributed by atoms with E-state index in [1.54, 1.807) is 0 Å². The summed E-state index contributed by atoms with van der Waals surface area (Å²) >= 11 is 22.7. The Morgan fingerprint density at radius 1 is 0.466 bits per heavy atom. The fourth-order valence-corrected chi connectivity index (χ4v) is 5.89. The van der Waals surface area contributed by atoms with E-state index in [9.17, 15) is 43.2 Å². The van der Waals surface area contributed by atoms with E-state index < -0.39 is 89.1 Å². The van der Waals surface area contributed by atoms with Crippen LogP contribution in [-0.4, -0.2) is 138 Å². The summed E-state index contributed by atoms with van der Waals surface area (Å²) in [6.07, 6.45) is 2.31. The Balaban J connectivity index is 7.19. The molecule has 0 unspecified atom stereocenters. The summed E-state index contributed by atoms with van der Waals surface area (Å²) in [6, 6.07) is -5.63. The second-order valence-electron chi connectivity index (χ2n) is 13.2. The van der Waals surface area contributed by atoms with E-state index in [-0.39, 0.29) is 89.3 Å². The van der Waals surface area contributed by atoms with Gasteiger partial charge in [0.25, 0.3) is 11.8 Å². The van der Waals surface area contributed by atoms with Crippen LogP contribution >= 0.6 is 46.4 Å². The molecule has 0 saturated heterocycles. The van der Waals surface area contributed by atoms with Crippen LogP contribution in [0.1, 0.15) is 83.5 Å². The summed E-state index contributed by atoms with van der Waals surface area (Å²) in [4.78, 5) is 118. The van der Waals surface area contributed by atoms with Crippen molar-refractivity contribution in [2.24, 2.45) is 17.2 Å². The van der Waals surface area contributed by atoms with Gasteiger partial charge in [-0.15, -0.1) is 46.4 Å². The molecule has 0 aliphatic heterocycles. The first kappa shape index (κ1) is 54.5. The van der Waals surface area contributed by atoms with E-state index in [1.165, 1.54) is 0 Å². The quantitative estimate of drug-likeness (QED) is 0.0283. The molecule has 0 saturated carbocycles. The molecule has 12 N–H and O–H groups in total. The summed E-state index contributed by atoms with van der Waals surface area (Å²) in [7, 11) is 0. The minimum absolute atomic E-state index is 0.0674. The molecule has 0 aromatic carbocycles. The van der Waals surface area contributed by atoms with Crippen molar-refractivity contribution in [3.05, 3.63) is 0 Å². The second-order valence-corrected chi connectivity index (χ2v) is 14.2. The van der Waals surface area contributed by atoms with E-state index in [4.69, 9.17) is 63.6 Å². The van der Waals surface area contributed by atoms with Gasteiger partial charge in [-0.2, -0.15) is 0 Å². The summed E-state index contributed by atoms with van der Waals surface area (Å²) in [5, 5.41) is 15.4. The first-order chi connectivity index (χ1) is 27.7. The largest absolute Gasteiger partial charge is 0.370 e. The van der Waals surface area contributed by atoms with Crippen molar-refractivity contribution in [2.45, 2.75) is 108 Å². The number of carbonyl (C=O) groups excluding carboxylic acids is 9. The Hall–Kier alpha value is -3.49. The Morgan fingerprint density at radius 3 is 1.29 bits per heavy atom. The lowest BCUT2D eigenvalue weighted by Gasteiger charge is -2.35. The van der Waals surface area contributed by atoms with Gasteiger partial charge >= 0.3 is 0 Å². The molecule has 0 radical (unpaired) electrons. The Labute approximate surface area is 359 Å². The highest BCUT2D eigenvalue weighted by Gasteiger charge is 2.42. The first-order valence-corrected chi connectivity index (χ1v) is 21.3. The maximum absolute atomic E-state index is 14.7. The lowest BCUT2D eigenvalue weighted by atomic mass is 9.99. The molecule has 19 nitrogen and oxygen atoms in total. The Bertz CT molecular complexity index is 1270. The molecule has 0 rings (SSSR count). The minimum Gasteiger partial charge on any atom is -0.370 e. The molecule has 58 heavy (non-hydrogen) atoms. The number of primary amides is 1. The molecule has 0 bridgehead atoms. The number of nitrogens with two attached hydrogens (primary N) is 3. The molecule has 0 spiro atoms. The molecule has 0 fully saturated rings. The fraction of sp³-hybridized carbons (Fsp3) is 0.743. The van der Waals surface area contributed by atoms with E-state index >= 15 is 0 Å². The van der Waals surface area contributed by atoms with Crippen LogP contribution in [0.15, 0.2) is 0 Å². The van der Waals surface area contributed by atoms with Gasteiger partial charge in [0.15, 0.2) is 0 Å². The zero-order valence-electron chi connectivity index (χ0n) is 32.7. The van der Waals surface area contributed by atoms with Crippen LogP contribution in [0.3, 0.4) is 0 Å². The number of imide groups is 1. The van der Waals surface area contributed by atoms with Crippen molar-refractivity contribution in [1.29, 1.82) is 0 Å². The van der Waals surface area contributed by atoms with Crippen LogP contribution in [-0.2, 0) is 43.2 Å². The number of hydrogen-bond acceptors (Lipinski definition) is 11. The maximum atomic E-state index is 14.7. The summed E-state index contributed by atoms with van der Waals surface area (Å²) < 4.78 is 0. The van der Waals surface area contributed by atoms with Crippen LogP contribution in [0.2, 0.25) is 0 Å². The normalized spacial score (nSPS) is 12.9. The second kappa shape index (κ2) is 33.4. The zero-order valence-corrected chi connectivity index (χ0v) is 35.8. The minimum atomic E-state index is -1.60. The highest BCUT2D eigenvalue weighted by molar-refractivity contribution is 6.28. The average molecular weight is 907 g/mol. The van der Waals surface area contributed by atoms with Crippen molar-refractivity contribution in [2.75, 3.05) is 56.2 Å². The molecule has 0 aliphatic carbocycles. The van der Waals surface area contributed by atoms with E-state index in [1.807, 2.05) is 0 Å². The molecule has 0 aliphatic rings. The van der Waals surface area contributed by atoms with Crippen LogP contribution in [0.25, 0.3) is 0 Å². The summed E-state index contributed by atoms with van der Waals surface area (Å²) in [5.74, 6) is -8.20. The van der Waals surface area contributed by atoms with E-state index in [0.29, 0.717) is 43.5 Å². The predicted octanol–water partition coefficient (Wildman–Crippen LogP) is -1.06. The van der Waals surface area contributed by atoms with Crippen LogP contribution in [0.5, 0.6) is 0 Å². The SMILES string of the molecule is NCCCC[C@H](NC(=O)[C@H](CCCCN)N(C(=O)[C@H](CCCCNC(=O)CCl)NC(=O)CCl)C(=O)[C@H](CCCCNC(=O)CCl)NC(=O)CCl)C(=O)NCCC(N)=O. The van der Waals surface area contributed by atoms with Gasteiger partial charge in [0.1, 0.15) is 47.7 Å². The Kier molecular flexibility index (Phi) is 31.3. The molecule has 0 aromatic heterocycles. The van der Waals surface area contributed by atoms with Crippen molar-refractivity contribution in [3.8, 4) is 0 Å². The fourth-order valence-electron chi connectivity index (χ4n) is 5.55. The Morgan fingerprint density at radius 2 is 0.879 bits per heavy atom. The number of alkyl halides is 4. The van der Waals surface area contributed by atoms with Gasteiger partial charge in [0, 0.05) is 26.1 Å². The maximum Gasteiger partial charge on any atom is 0.252 e. The molecule has 9 amide bonds. The number of amides is 9. The van der Waals surface area contributed by atoms with Gasteiger partial charge in [-0.3, -0.25) is 48.1 Å². The lowest BCUT2D eigenvalue weighted by Crippen LogP contribution is -2.63. The van der Waals surface area contributed by atoms with Crippen molar-refractivity contribution in [1.82, 2.24) is 36.8 Å².